The molecule has 130 valence electrons. The molecule has 0 amide bonds. The highest BCUT2D eigenvalue weighted by molar-refractivity contribution is 9.10. The maximum atomic E-state index is 5.61. The summed E-state index contributed by atoms with van der Waals surface area (Å²) in [5.74, 6) is 1.62. The molecular formula is C18H25BrN4O. The molecule has 24 heavy (non-hydrogen) atoms. The number of hydrogen-bond acceptors (Lipinski definition) is 4. The van der Waals surface area contributed by atoms with Crippen LogP contribution in [-0.2, 0) is 0 Å². The lowest BCUT2D eigenvalue weighted by Crippen LogP contribution is -2.35. The Hall–Kier alpha value is -1.53. The molecule has 2 aromatic rings. The predicted molar refractivity (Wildman–Crippen MR) is 101 cm³/mol. The van der Waals surface area contributed by atoms with Crippen molar-refractivity contribution in [2.24, 2.45) is 5.92 Å². The molecule has 6 heteroatoms. The van der Waals surface area contributed by atoms with Gasteiger partial charge in [0.05, 0.1) is 12.8 Å². The minimum atomic E-state index is 0.765. The highest BCUT2D eigenvalue weighted by atomic mass is 79.9. The van der Waals surface area contributed by atoms with Gasteiger partial charge in [-0.3, -0.25) is 0 Å². The van der Waals surface area contributed by atoms with E-state index in [-0.39, 0.29) is 0 Å². The van der Waals surface area contributed by atoms with Gasteiger partial charge in [-0.05, 0) is 67.0 Å². The zero-order valence-electron chi connectivity index (χ0n) is 14.6. The molecule has 0 saturated carbocycles. The molecule has 0 spiro atoms. The topological polar surface area (TPSA) is 33.5 Å². The Bertz CT molecular complexity index is 679. The average molecular weight is 393 g/mol. The van der Waals surface area contributed by atoms with Gasteiger partial charge in [-0.2, -0.15) is 0 Å². The van der Waals surface area contributed by atoms with E-state index < -0.39 is 0 Å². The van der Waals surface area contributed by atoms with Crippen molar-refractivity contribution >= 4 is 21.6 Å². The van der Waals surface area contributed by atoms with Crippen molar-refractivity contribution < 1.29 is 4.74 Å². The molecule has 0 radical (unpaired) electrons. The van der Waals surface area contributed by atoms with E-state index in [9.17, 15) is 0 Å². The molecule has 0 atom stereocenters. The van der Waals surface area contributed by atoms with Crippen LogP contribution in [-0.4, -0.2) is 55.3 Å². The minimum Gasteiger partial charge on any atom is -0.494 e. The lowest BCUT2D eigenvalue weighted by Gasteiger charge is -2.32. The van der Waals surface area contributed by atoms with Gasteiger partial charge in [0.25, 0.3) is 0 Å². The van der Waals surface area contributed by atoms with Crippen LogP contribution in [0.15, 0.2) is 35.3 Å². The van der Waals surface area contributed by atoms with Crippen LogP contribution in [0.4, 0.5) is 5.69 Å². The van der Waals surface area contributed by atoms with E-state index in [0.717, 1.165) is 28.5 Å². The molecule has 1 aromatic heterocycles. The van der Waals surface area contributed by atoms with Gasteiger partial charge >= 0.3 is 0 Å². The molecule has 1 aliphatic heterocycles. The second-order valence-corrected chi connectivity index (χ2v) is 7.40. The number of benzene rings is 1. The standard InChI is InChI=1S/C18H25BrN4O/c1-21-8-6-14(7-9-21)11-22(2)15-4-5-16(17(10-15)24-3)23-12-18(19)20-13-23/h4-5,10,12-14H,6-9,11H2,1-3H3. The van der Waals surface area contributed by atoms with Crippen LogP contribution >= 0.6 is 15.9 Å². The van der Waals surface area contributed by atoms with Crippen LogP contribution in [0.5, 0.6) is 5.75 Å². The third-order valence-electron chi connectivity index (χ3n) is 4.80. The molecular weight excluding hydrogens is 368 g/mol. The maximum absolute atomic E-state index is 5.61. The summed E-state index contributed by atoms with van der Waals surface area (Å²) in [6.45, 7) is 3.50. The first-order valence-corrected chi connectivity index (χ1v) is 9.13. The third kappa shape index (κ3) is 3.92. The maximum Gasteiger partial charge on any atom is 0.144 e. The fourth-order valence-corrected chi connectivity index (χ4v) is 3.60. The Labute approximate surface area is 152 Å². The lowest BCUT2D eigenvalue weighted by atomic mass is 9.96. The normalized spacial score (nSPS) is 16.3. The average Bonchev–Trinajstić information content (AvgIpc) is 3.02. The number of anilines is 1. The number of piperidine rings is 1. The molecule has 0 N–H and O–H groups in total. The molecule has 3 rings (SSSR count). The summed E-state index contributed by atoms with van der Waals surface area (Å²) in [6, 6.07) is 6.35. The van der Waals surface area contributed by atoms with Crippen LogP contribution in [0, 0.1) is 5.92 Å². The van der Waals surface area contributed by atoms with Crippen LogP contribution in [0.1, 0.15) is 12.8 Å². The van der Waals surface area contributed by atoms with Crippen LogP contribution < -0.4 is 9.64 Å². The Morgan fingerprint density at radius 1 is 1.33 bits per heavy atom. The Morgan fingerprint density at radius 2 is 2.08 bits per heavy atom. The predicted octanol–water partition coefficient (Wildman–Crippen LogP) is 3.42. The molecule has 1 aromatic carbocycles. The van der Waals surface area contributed by atoms with E-state index in [1.807, 2.05) is 10.8 Å². The smallest absolute Gasteiger partial charge is 0.144 e. The number of halogens is 1. The van der Waals surface area contributed by atoms with Gasteiger partial charge in [0.15, 0.2) is 0 Å². The van der Waals surface area contributed by atoms with Crippen molar-refractivity contribution in [3.63, 3.8) is 0 Å². The highest BCUT2D eigenvalue weighted by Crippen LogP contribution is 2.30. The van der Waals surface area contributed by atoms with Crippen LogP contribution in [0.3, 0.4) is 0 Å². The number of imidazole rings is 1. The summed E-state index contributed by atoms with van der Waals surface area (Å²) in [4.78, 5) is 8.97. The summed E-state index contributed by atoms with van der Waals surface area (Å²) in [5.41, 5.74) is 2.18. The SMILES string of the molecule is COc1cc(N(C)CC2CCN(C)CC2)ccc1-n1cnc(Br)c1. The first kappa shape index (κ1) is 17.3. The van der Waals surface area contributed by atoms with E-state index in [1.165, 1.54) is 31.6 Å². The summed E-state index contributed by atoms with van der Waals surface area (Å²) in [6.07, 6.45) is 6.27. The van der Waals surface area contributed by atoms with Gasteiger partial charge in [-0.15, -0.1) is 0 Å². The van der Waals surface area contributed by atoms with Gasteiger partial charge < -0.3 is 19.1 Å². The first-order valence-electron chi connectivity index (χ1n) is 8.34. The quantitative estimate of drug-likeness (QED) is 0.780. The number of ether oxygens (including phenoxy) is 1. The zero-order chi connectivity index (χ0) is 17.1. The van der Waals surface area contributed by atoms with Crippen LogP contribution in [0.2, 0.25) is 0 Å². The Balaban J connectivity index is 1.74. The van der Waals surface area contributed by atoms with Gasteiger partial charge in [0.1, 0.15) is 16.7 Å². The largest absolute Gasteiger partial charge is 0.494 e. The molecule has 5 nitrogen and oxygen atoms in total. The van der Waals surface area contributed by atoms with E-state index in [0.29, 0.717) is 0 Å². The van der Waals surface area contributed by atoms with E-state index in [2.05, 4.69) is 63.0 Å². The molecule has 0 bridgehead atoms. The first-order chi connectivity index (χ1) is 11.6. The fraction of sp³-hybridized carbons (Fsp3) is 0.500. The number of rotatable bonds is 5. The van der Waals surface area contributed by atoms with Crippen molar-refractivity contribution in [2.75, 3.05) is 45.7 Å². The molecule has 1 fully saturated rings. The third-order valence-corrected chi connectivity index (χ3v) is 5.21. The molecule has 2 heterocycles. The second kappa shape index (κ2) is 7.57. The van der Waals surface area contributed by atoms with E-state index >= 15 is 0 Å². The molecule has 1 aliphatic rings. The monoisotopic (exact) mass is 392 g/mol. The summed E-state index contributed by atoms with van der Waals surface area (Å²) in [5, 5.41) is 0. The summed E-state index contributed by atoms with van der Waals surface area (Å²) >= 11 is 3.39. The Kier molecular flexibility index (Phi) is 5.46. The van der Waals surface area contributed by atoms with Crippen molar-refractivity contribution in [3.8, 4) is 11.4 Å². The minimum absolute atomic E-state index is 0.765. The zero-order valence-corrected chi connectivity index (χ0v) is 16.2. The van der Waals surface area contributed by atoms with E-state index in [4.69, 9.17) is 4.74 Å². The van der Waals surface area contributed by atoms with E-state index in [1.54, 1.807) is 13.4 Å². The number of aromatic nitrogens is 2. The van der Waals surface area contributed by atoms with Crippen molar-refractivity contribution in [3.05, 3.63) is 35.3 Å². The molecule has 1 saturated heterocycles. The summed E-state index contributed by atoms with van der Waals surface area (Å²) in [7, 11) is 6.09. The molecule has 0 unspecified atom stereocenters. The van der Waals surface area contributed by atoms with Crippen LogP contribution in [0.25, 0.3) is 5.69 Å². The van der Waals surface area contributed by atoms with Gasteiger partial charge in [-0.25, -0.2) is 4.98 Å². The number of methoxy groups -OCH3 is 1. The summed E-state index contributed by atoms with van der Waals surface area (Å²) < 4.78 is 8.38. The van der Waals surface area contributed by atoms with Gasteiger partial charge in [0, 0.05) is 31.5 Å². The number of nitrogens with zero attached hydrogens (tertiary/aromatic N) is 4. The second-order valence-electron chi connectivity index (χ2n) is 6.59. The Morgan fingerprint density at radius 3 is 2.71 bits per heavy atom. The van der Waals surface area contributed by atoms with Crippen molar-refractivity contribution in [1.82, 2.24) is 14.5 Å². The van der Waals surface area contributed by atoms with Crippen molar-refractivity contribution in [1.29, 1.82) is 0 Å². The molecule has 0 aliphatic carbocycles. The van der Waals surface area contributed by atoms with Gasteiger partial charge in [0.2, 0.25) is 0 Å². The number of hydrogen-bond donors (Lipinski definition) is 0. The highest BCUT2D eigenvalue weighted by Gasteiger charge is 2.19. The lowest BCUT2D eigenvalue weighted by molar-refractivity contribution is 0.222. The van der Waals surface area contributed by atoms with Crippen molar-refractivity contribution in [2.45, 2.75) is 12.8 Å². The van der Waals surface area contributed by atoms with Gasteiger partial charge in [-0.1, -0.05) is 0 Å². The fourth-order valence-electron chi connectivity index (χ4n) is 3.28. The number of likely N-dealkylation sites (tertiary alicyclic amines) is 1.